The minimum atomic E-state index is -4.58. The summed E-state index contributed by atoms with van der Waals surface area (Å²) in [5.74, 6) is -0.196. The van der Waals surface area contributed by atoms with E-state index >= 15 is 0 Å². The first-order valence-corrected chi connectivity index (χ1v) is 23.0. The first-order chi connectivity index (χ1) is 24.5. The van der Waals surface area contributed by atoms with Crippen LogP contribution in [-0.4, -0.2) is 68.5 Å². The van der Waals surface area contributed by atoms with Crippen LogP contribution in [0.4, 0.5) is 0 Å². The second-order valence-electron chi connectivity index (χ2n) is 16.1. The van der Waals surface area contributed by atoms with E-state index in [4.69, 9.17) is 9.05 Å². The lowest BCUT2D eigenvalue weighted by molar-refractivity contribution is -0.870. The minimum absolute atomic E-state index is 0.00198. The SMILES string of the molecule is CCCCCCCCCCCCCC/C=C/C(O)C(COP(=O)([O-])OCC[N+](C)(C)C)NC(=O)CCCCCCCCCCCCCCCCC. The van der Waals surface area contributed by atoms with Crippen LogP contribution in [0.1, 0.15) is 200 Å². The van der Waals surface area contributed by atoms with E-state index in [2.05, 4.69) is 19.2 Å². The molecule has 0 fully saturated rings. The summed E-state index contributed by atoms with van der Waals surface area (Å²) in [5, 5.41) is 13.8. The zero-order valence-electron chi connectivity index (χ0n) is 34.3. The number of carbonyl (C=O) groups is 1. The number of quaternary nitrogens is 1. The molecule has 0 spiro atoms. The summed E-state index contributed by atoms with van der Waals surface area (Å²) in [5.41, 5.74) is 0. The second kappa shape index (κ2) is 35.0. The lowest BCUT2D eigenvalue weighted by atomic mass is 10.0. The molecule has 0 radical (unpaired) electrons. The average Bonchev–Trinajstić information content (AvgIpc) is 3.07. The van der Waals surface area contributed by atoms with E-state index in [9.17, 15) is 19.4 Å². The molecule has 9 heteroatoms. The average molecular weight is 745 g/mol. The number of hydrogen-bond acceptors (Lipinski definition) is 6. The van der Waals surface area contributed by atoms with Crippen molar-refractivity contribution in [1.29, 1.82) is 0 Å². The Morgan fingerprint density at radius 3 is 1.47 bits per heavy atom. The molecule has 0 saturated carbocycles. The Morgan fingerprint density at radius 1 is 0.667 bits per heavy atom. The lowest BCUT2D eigenvalue weighted by Gasteiger charge is -2.29. The Bertz CT molecular complexity index is 850. The Labute approximate surface area is 316 Å². The maximum atomic E-state index is 12.8. The number of hydrogen-bond donors (Lipinski definition) is 2. The van der Waals surface area contributed by atoms with Gasteiger partial charge < -0.3 is 28.8 Å². The van der Waals surface area contributed by atoms with Crippen molar-refractivity contribution in [3.8, 4) is 0 Å². The Morgan fingerprint density at radius 2 is 1.06 bits per heavy atom. The molecule has 0 aromatic heterocycles. The molecule has 0 aliphatic rings. The van der Waals surface area contributed by atoms with E-state index < -0.39 is 20.0 Å². The maximum Gasteiger partial charge on any atom is 0.268 e. The molecule has 304 valence electrons. The Kier molecular flexibility index (Phi) is 34.5. The van der Waals surface area contributed by atoms with Crippen molar-refractivity contribution in [3.63, 3.8) is 0 Å². The summed E-state index contributed by atoms with van der Waals surface area (Å²) in [6, 6.07) is -0.878. The van der Waals surface area contributed by atoms with Gasteiger partial charge in [-0.2, -0.15) is 0 Å². The van der Waals surface area contributed by atoms with Gasteiger partial charge in [-0.25, -0.2) is 0 Å². The number of rotatable bonds is 39. The van der Waals surface area contributed by atoms with Gasteiger partial charge in [-0.3, -0.25) is 9.36 Å². The summed E-state index contributed by atoms with van der Waals surface area (Å²) in [4.78, 5) is 25.2. The molecule has 0 heterocycles. The quantitative estimate of drug-likeness (QED) is 0.0281. The molecule has 0 rings (SSSR count). The molecular formula is C42H85N2O6P. The van der Waals surface area contributed by atoms with Crippen molar-refractivity contribution < 1.29 is 32.9 Å². The van der Waals surface area contributed by atoms with Crippen molar-refractivity contribution in [2.45, 2.75) is 212 Å². The lowest BCUT2D eigenvalue weighted by Crippen LogP contribution is -2.45. The molecular weight excluding hydrogens is 659 g/mol. The Balaban J connectivity index is 4.43. The molecule has 51 heavy (non-hydrogen) atoms. The summed E-state index contributed by atoms with van der Waals surface area (Å²) in [6.45, 7) is 4.65. The number of phosphoric ester groups is 1. The number of carbonyl (C=O) groups excluding carboxylic acids is 1. The van der Waals surface area contributed by atoms with Gasteiger partial charge in [0.05, 0.1) is 39.9 Å². The number of allylic oxidation sites excluding steroid dienone is 1. The third-order valence-electron chi connectivity index (χ3n) is 9.75. The zero-order chi connectivity index (χ0) is 37.9. The molecule has 0 saturated heterocycles. The highest BCUT2D eigenvalue weighted by molar-refractivity contribution is 7.45. The molecule has 3 atom stereocenters. The van der Waals surface area contributed by atoms with Gasteiger partial charge in [-0.05, 0) is 19.3 Å². The number of phosphoric acid groups is 1. The molecule has 0 bridgehead atoms. The van der Waals surface area contributed by atoms with Gasteiger partial charge in [0.2, 0.25) is 5.91 Å². The van der Waals surface area contributed by atoms with Gasteiger partial charge in [0, 0.05) is 6.42 Å². The molecule has 8 nitrogen and oxygen atoms in total. The minimum Gasteiger partial charge on any atom is -0.756 e. The summed E-state index contributed by atoms with van der Waals surface area (Å²) < 4.78 is 23.2. The van der Waals surface area contributed by atoms with Gasteiger partial charge in [-0.15, -0.1) is 0 Å². The van der Waals surface area contributed by atoms with Crippen LogP contribution in [0, 0.1) is 0 Å². The number of nitrogens with one attached hydrogen (secondary N) is 1. The highest BCUT2D eigenvalue weighted by Crippen LogP contribution is 2.38. The third kappa shape index (κ3) is 37.4. The van der Waals surface area contributed by atoms with Crippen LogP contribution in [0.2, 0.25) is 0 Å². The van der Waals surface area contributed by atoms with E-state index in [0.29, 0.717) is 17.4 Å². The molecule has 1 amide bonds. The van der Waals surface area contributed by atoms with E-state index in [1.54, 1.807) is 6.08 Å². The number of amides is 1. The van der Waals surface area contributed by atoms with Crippen molar-refractivity contribution >= 4 is 13.7 Å². The van der Waals surface area contributed by atoms with E-state index in [-0.39, 0.29) is 19.1 Å². The Hall–Kier alpha value is -0.760. The molecule has 0 aromatic rings. The van der Waals surface area contributed by atoms with Gasteiger partial charge in [0.15, 0.2) is 0 Å². The number of nitrogens with zero attached hydrogens (tertiary/aromatic N) is 1. The monoisotopic (exact) mass is 745 g/mol. The standard InChI is InChI=1S/C42H85N2O6P/c1-6-8-10-12-14-16-18-20-22-24-26-28-30-32-34-36-42(46)43-40(39-50-51(47,48)49-38-37-44(3,4)5)41(45)35-33-31-29-27-25-23-21-19-17-15-13-11-9-7-2/h33,35,40-41,45H,6-32,34,36-39H2,1-5H3,(H-,43,46,47,48)/b35-33+. The molecule has 3 unspecified atom stereocenters. The van der Waals surface area contributed by atoms with E-state index in [1.165, 1.54) is 141 Å². The predicted octanol–water partition coefficient (Wildman–Crippen LogP) is 10.9. The molecule has 0 aliphatic heterocycles. The van der Waals surface area contributed by atoms with Crippen molar-refractivity contribution in [3.05, 3.63) is 12.2 Å². The fourth-order valence-corrected chi connectivity index (χ4v) is 6.99. The largest absolute Gasteiger partial charge is 0.756 e. The first-order valence-electron chi connectivity index (χ1n) is 21.6. The van der Waals surface area contributed by atoms with Gasteiger partial charge >= 0.3 is 0 Å². The molecule has 2 N–H and O–H groups in total. The van der Waals surface area contributed by atoms with Crippen LogP contribution < -0.4 is 10.2 Å². The highest BCUT2D eigenvalue weighted by Gasteiger charge is 2.23. The third-order valence-corrected chi connectivity index (χ3v) is 10.7. The summed E-state index contributed by atoms with van der Waals surface area (Å²) >= 11 is 0. The summed E-state index contributed by atoms with van der Waals surface area (Å²) in [6.07, 6.45) is 38.1. The number of aliphatic hydroxyl groups is 1. The van der Waals surface area contributed by atoms with Crippen LogP contribution in [0.5, 0.6) is 0 Å². The second-order valence-corrected chi connectivity index (χ2v) is 17.5. The first kappa shape index (κ1) is 50.2. The van der Waals surface area contributed by atoms with Crippen LogP contribution in [0.3, 0.4) is 0 Å². The van der Waals surface area contributed by atoms with Gasteiger partial charge in [0.1, 0.15) is 13.2 Å². The highest BCUT2D eigenvalue weighted by atomic mass is 31.2. The maximum absolute atomic E-state index is 12.8. The van der Waals surface area contributed by atoms with Crippen molar-refractivity contribution in [2.24, 2.45) is 0 Å². The fraction of sp³-hybridized carbons (Fsp3) is 0.929. The van der Waals surface area contributed by atoms with Crippen molar-refractivity contribution in [2.75, 3.05) is 40.9 Å². The topological polar surface area (TPSA) is 108 Å². The van der Waals surface area contributed by atoms with Gasteiger partial charge in [-0.1, -0.05) is 187 Å². The molecule has 0 aliphatic carbocycles. The van der Waals surface area contributed by atoms with Crippen LogP contribution in [-0.2, 0) is 18.4 Å². The van der Waals surface area contributed by atoms with E-state index in [0.717, 1.165) is 38.5 Å². The number of likely N-dealkylation sites (N-methyl/N-ethyl adjacent to an activating group) is 1. The predicted molar refractivity (Wildman–Crippen MR) is 215 cm³/mol. The van der Waals surface area contributed by atoms with Crippen LogP contribution in [0.25, 0.3) is 0 Å². The number of aliphatic hydroxyl groups excluding tert-OH is 1. The van der Waals surface area contributed by atoms with Crippen molar-refractivity contribution in [1.82, 2.24) is 5.32 Å². The van der Waals surface area contributed by atoms with E-state index in [1.807, 2.05) is 27.2 Å². The normalized spacial score (nSPS) is 14.6. The summed E-state index contributed by atoms with van der Waals surface area (Å²) in [7, 11) is 1.27. The number of unbranched alkanes of at least 4 members (excludes halogenated alkanes) is 26. The van der Waals surface area contributed by atoms with Gasteiger partial charge in [0.25, 0.3) is 7.82 Å². The van der Waals surface area contributed by atoms with Crippen LogP contribution in [0.15, 0.2) is 12.2 Å². The molecule has 0 aromatic carbocycles. The zero-order valence-corrected chi connectivity index (χ0v) is 35.2. The fourth-order valence-electron chi connectivity index (χ4n) is 6.27. The smallest absolute Gasteiger partial charge is 0.268 e. The van der Waals surface area contributed by atoms with Crippen LogP contribution >= 0.6 is 7.82 Å².